The average Bonchev–Trinajstić information content (AvgIpc) is 2.84. The number of hydrogen-bond acceptors (Lipinski definition) is 2. The van der Waals surface area contributed by atoms with Crippen molar-refractivity contribution in [1.29, 1.82) is 0 Å². The summed E-state index contributed by atoms with van der Waals surface area (Å²) >= 11 is 0. The molecule has 0 amide bonds. The van der Waals surface area contributed by atoms with Crippen LogP contribution in [0.25, 0.3) is 27.4 Å². The standard InChI is InChI=1S/C19H15NO2/c1-12-11-20(17-5-3-2-4-15(12)17)19-16-10-14(21)8-6-13(16)7-9-18(19)22/h2-11,21-22H,1H3. The van der Waals surface area contributed by atoms with Gasteiger partial charge in [0.15, 0.2) is 0 Å². The van der Waals surface area contributed by atoms with Crippen LogP contribution in [0, 0.1) is 6.92 Å². The Labute approximate surface area is 127 Å². The number of nitrogens with zero attached hydrogens (tertiary/aromatic N) is 1. The van der Waals surface area contributed by atoms with Crippen molar-refractivity contribution >= 4 is 21.7 Å². The van der Waals surface area contributed by atoms with Crippen LogP contribution in [0.5, 0.6) is 11.5 Å². The van der Waals surface area contributed by atoms with Gasteiger partial charge < -0.3 is 14.8 Å². The van der Waals surface area contributed by atoms with Gasteiger partial charge in [0.25, 0.3) is 0 Å². The third kappa shape index (κ3) is 1.76. The summed E-state index contributed by atoms with van der Waals surface area (Å²) in [7, 11) is 0. The molecular weight excluding hydrogens is 274 g/mol. The summed E-state index contributed by atoms with van der Waals surface area (Å²) < 4.78 is 1.99. The van der Waals surface area contributed by atoms with Gasteiger partial charge in [-0.1, -0.05) is 30.3 Å². The van der Waals surface area contributed by atoms with Gasteiger partial charge in [0, 0.05) is 17.0 Å². The lowest BCUT2D eigenvalue weighted by atomic mass is 10.1. The van der Waals surface area contributed by atoms with Crippen LogP contribution in [0.15, 0.2) is 60.8 Å². The van der Waals surface area contributed by atoms with Gasteiger partial charge in [-0.15, -0.1) is 0 Å². The van der Waals surface area contributed by atoms with Crippen molar-refractivity contribution in [1.82, 2.24) is 4.57 Å². The second-order valence-corrected chi connectivity index (χ2v) is 5.54. The van der Waals surface area contributed by atoms with Crippen molar-refractivity contribution < 1.29 is 10.2 Å². The molecule has 2 N–H and O–H groups in total. The van der Waals surface area contributed by atoms with Crippen LogP contribution < -0.4 is 0 Å². The summed E-state index contributed by atoms with van der Waals surface area (Å²) in [6.45, 7) is 2.05. The van der Waals surface area contributed by atoms with Crippen LogP contribution in [0.2, 0.25) is 0 Å². The first-order valence-corrected chi connectivity index (χ1v) is 7.17. The molecule has 22 heavy (non-hydrogen) atoms. The van der Waals surface area contributed by atoms with Crippen LogP contribution in [-0.4, -0.2) is 14.8 Å². The Kier molecular flexibility index (Phi) is 2.63. The van der Waals surface area contributed by atoms with E-state index in [9.17, 15) is 10.2 Å². The Morgan fingerprint density at radius 3 is 2.50 bits per heavy atom. The van der Waals surface area contributed by atoms with E-state index in [0.717, 1.165) is 27.2 Å². The first kappa shape index (κ1) is 12.8. The Hall–Kier alpha value is -2.94. The fourth-order valence-corrected chi connectivity index (χ4v) is 3.07. The molecule has 3 heteroatoms. The molecule has 0 aliphatic carbocycles. The molecule has 0 atom stereocenters. The number of rotatable bonds is 1. The predicted molar refractivity (Wildman–Crippen MR) is 88.8 cm³/mol. The Balaban J connectivity index is 2.16. The molecule has 0 saturated heterocycles. The third-order valence-corrected chi connectivity index (χ3v) is 4.11. The molecule has 108 valence electrons. The van der Waals surface area contributed by atoms with Crippen molar-refractivity contribution in [2.45, 2.75) is 6.92 Å². The zero-order chi connectivity index (χ0) is 15.3. The fourth-order valence-electron chi connectivity index (χ4n) is 3.07. The van der Waals surface area contributed by atoms with Crippen LogP contribution in [0.4, 0.5) is 0 Å². The molecule has 4 rings (SSSR count). The lowest BCUT2D eigenvalue weighted by molar-refractivity contribution is 0.473. The number of phenolic OH excluding ortho intramolecular Hbond substituents is 2. The second kappa shape index (κ2) is 4.53. The summed E-state index contributed by atoms with van der Waals surface area (Å²) in [4.78, 5) is 0. The molecule has 0 saturated carbocycles. The fraction of sp³-hybridized carbons (Fsp3) is 0.0526. The van der Waals surface area contributed by atoms with Crippen molar-refractivity contribution in [3.8, 4) is 17.2 Å². The molecule has 0 bridgehead atoms. The van der Waals surface area contributed by atoms with Crippen molar-refractivity contribution in [3.63, 3.8) is 0 Å². The van der Waals surface area contributed by atoms with Crippen LogP contribution in [-0.2, 0) is 0 Å². The van der Waals surface area contributed by atoms with Crippen molar-refractivity contribution in [2.75, 3.05) is 0 Å². The van der Waals surface area contributed by atoms with E-state index in [1.807, 2.05) is 41.1 Å². The van der Waals surface area contributed by atoms with Gasteiger partial charge in [-0.2, -0.15) is 0 Å². The molecule has 0 aliphatic rings. The van der Waals surface area contributed by atoms with E-state index in [1.165, 1.54) is 0 Å². The molecule has 1 heterocycles. The summed E-state index contributed by atoms with van der Waals surface area (Å²) in [6, 6.07) is 16.8. The smallest absolute Gasteiger partial charge is 0.140 e. The van der Waals surface area contributed by atoms with Gasteiger partial charge in [0.1, 0.15) is 11.5 Å². The number of benzene rings is 3. The zero-order valence-corrected chi connectivity index (χ0v) is 12.1. The lowest BCUT2D eigenvalue weighted by Gasteiger charge is -2.12. The van der Waals surface area contributed by atoms with E-state index >= 15 is 0 Å². The largest absolute Gasteiger partial charge is 0.508 e. The molecule has 1 aromatic heterocycles. The van der Waals surface area contributed by atoms with E-state index < -0.39 is 0 Å². The highest BCUT2D eigenvalue weighted by molar-refractivity contribution is 5.96. The van der Waals surface area contributed by atoms with E-state index in [0.29, 0.717) is 5.69 Å². The van der Waals surface area contributed by atoms with Crippen LogP contribution in [0.1, 0.15) is 5.56 Å². The number of fused-ring (bicyclic) bond motifs is 2. The Bertz CT molecular complexity index is 1010. The quantitative estimate of drug-likeness (QED) is 0.542. The molecule has 3 aromatic carbocycles. The first-order valence-electron chi connectivity index (χ1n) is 7.17. The van der Waals surface area contributed by atoms with Crippen LogP contribution in [0.3, 0.4) is 0 Å². The van der Waals surface area contributed by atoms with Gasteiger partial charge in [0.05, 0.1) is 11.2 Å². The van der Waals surface area contributed by atoms with Crippen LogP contribution >= 0.6 is 0 Å². The third-order valence-electron chi connectivity index (χ3n) is 4.11. The average molecular weight is 289 g/mol. The first-order chi connectivity index (χ1) is 10.6. The van der Waals surface area contributed by atoms with E-state index in [2.05, 4.69) is 13.0 Å². The van der Waals surface area contributed by atoms with Crippen molar-refractivity contribution in [2.24, 2.45) is 0 Å². The summed E-state index contributed by atoms with van der Waals surface area (Å²) in [5.41, 5.74) is 2.87. The number of aromatic nitrogens is 1. The topological polar surface area (TPSA) is 45.4 Å². The van der Waals surface area contributed by atoms with Gasteiger partial charge in [-0.25, -0.2) is 0 Å². The highest BCUT2D eigenvalue weighted by Gasteiger charge is 2.13. The normalized spacial score (nSPS) is 11.3. The minimum atomic E-state index is 0.188. The zero-order valence-electron chi connectivity index (χ0n) is 12.1. The van der Waals surface area contributed by atoms with Crippen molar-refractivity contribution in [3.05, 3.63) is 66.4 Å². The number of para-hydroxylation sites is 1. The summed E-state index contributed by atoms with van der Waals surface area (Å²) in [5, 5.41) is 23.2. The molecule has 0 fully saturated rings. The summed E-state index contributed by atoms with van der Waals surface area (Å²) in [6.07, 6.45) is 2.02. The number of hydrogen-bond donors (Lipinski definition) is 2. The van der Waals surface area contributed by atoms with E-state index in [4.69, 9.17) is 0 Å². The Morgan fingerprint density at radius 2 is 1.64 bits per heavy atom. The SMILES string of the molecule is Cc1cn(-c2c(O)ccc3ccc(O)cc23)c2ccccc12. The maximum Gasteiger partial charge on any atom is 0.140 e. The summed E-state index contributed by atoms with van der Waals surface area (Å²) in [5.74, 6) is 0.381. The van der Waals surface area contributed by atoms with Gasteiger partial charge in [-0.3, -0.25) is 0 Å². The molecule has 0 aliphatic heterocycles. The second-order valence-electron chi connectivity index (χ2n) is 5.54. The maximum atomic E-state index is 10.4. The minimum absolute atomic E-state index is 0.188. The molecule has 0 radical (unpaired) electrons. The lowest BCUT2D eigenvalue weighted by Crippen LogP contribution is -1.94. The monoisotopic (exact) mass is 289 g/mol. The predicted octanol–water partition coefficient (Wildman–Crippen LogP) is 4.50. The molecule has 0 unspecified atom stereocenters. The molecule has 3 nitrogen and oxygen atoms in total. The molecular formula is C19H15NO2. The molecule has 0 spiro atoms. The number of aryl methyl sites for hydroxylation is 1. The van der Waals surface area contributed by atoms with E-state index in [-0.39, 0.29) is 11.5 Å². The number of phenols is 2. The Morgan fingerprint density at radius 1 is 0.864 bits per heavy atom. The van der Waals surface area contributed by atoms with E-state index in [1.54, 1.807) is 18.2 Å². The van der Waals surface area contributed by atoms with Gasteiger partial charge in [-0.05, 0) is 42.1 Å². The minimum Gasteiger partial charge on any atom is -0.508 e. The maximum absolute atomic E-state index is 10.4. The van der Waals surface area contributed by atoms with Gasteiger partial charge >= 0.3 is 0 Å². The van der Waals surface area contributed by atoms with Gasteiger partial charge in [0.2, 0.25) is 0 Å². The number of aromatic hydroxyl groups is 2. The molecule has 4 aromatic rings. The highest BCUT2D eigenvalue weighted by atomic mass is 16.3. The highest BCUT2D eigenvalue weighted by Crippen LogP contribution is 2.36.